The molecule has 0 spiro atoms. The van der Waals surface area contributed by atoms with Crippen LogP contribution in [0.4, 0.5) is 0 Å². The monoisotopic (exact) mass is 344 g/mol. The number of aliphatic imine (C=N–C) groups is 1. The van der Waals surface area contributed by atoms with E-state index in [9.17, 15) is 4.79 Å². The zero-order valence-corrected chi connectivity index (χ0v) is 15.5. The molecule has 25 heavy (non-hydrogen) atoms. The summed E-state index contributed by atoms with van der Waals surface area (Å²) in [7, 11) is 0. The minimum Gasteiger partial charge on any atom is -0.357 e. The number of pyridine rings is 1. The summed E-state index contributed by atoms with van der Waals surface area (Å²) in [5.41, 5.74) is 0.0824. The first-order valence-electron chi connectivity index (χ1n) is 9.96. The molecular weight excluding hydrogens is 312 g/mol. The van der Waals surface area contributed by atoms with E-state index < -0.39 is 0 Å². The second-order valence-electron chi connectivity index (χ2n) is 7.38. The molecular formula is C20H32N4O. The van der Waals surface area contributed by atoms with E-state index in [0.717, 1.165) is 50.3 Å². The maximum atomic E-state index is 11.7. The number of aryl methyl sites for hydroxylation is 1. The highest BCUT2D eigenvalue weighted by Gasteiger charge is 2.35. The van der Waals surface area contributed by atoms with Crippen molar-refractivity contribution < 1.29 is 0 Å². The van der Waals surface area contributed by atoms with E-state index >= 15 is 0 Å². The Morgan fingerprint density at radius 2 is 1.96 bits per heavy atom. The molecule has 3 rings (SSSR count). The Labute approximate surface area is 151 Å². The van der Waals surface area contributed by atoms with E-state index in [0.29, 0.717) is 0 Å². The smallest absolute Gasteiger partial charge is 0.250 e. The molecule has 1 N–H and O–H groups in total. The summed E-state index contributed by atoms with van der Waals surface area (Å²) in [6.45, 7) is 7.02. The van der Waals surface area contributed by atoms with Crippen molar-refractivity contribution in [2.75, 3.05) is 26.2 Å². The summed E-state index contributed by atoms with van der Waals surface area (Å²) in [4.78, 5) is 19.0. The number of fused-ring (bicyclic) bond motifs is 1. The molecule has 1 aliphatic carbocycles. The second kappa shape index (κ2) is 9.07. The summed E-state index contributed by atoms with van der Waals surface area (Å²) >= 11 is 0. The zero-order chi connectivity index (χ0) is 17.5. The molecule has 5 heteroatoms. The van der Waals surface area contributed by atoms with Gasteiger partial charge in [0, 0.05) is 45.0 Å². The number of aromatic nitrogens is 1. The number of hydrogen-bond donors (Lipinski definition) is 1. The average Bonchev–Trinajstić information content (AvgIpc) is 3.06. The van der Waals surface area contributed by atoms with Gasteiger partial charge in [-0.05, 0) is 50.5 Å². The average molecular weight is 345 g/mol. The maximum Gasteiger partial charge on any atom is 0.250 e. The molecule has 0 amide bonds. The van der Waals surface area contributed by atoms with Gasteiger partial charge in [-0.15, -0.1) is 0 Å². The van der Waals surface area contributed by atoms with Crippen LogP contribution in [0.25, 0.3) is 0 Å². The fourth-order valence-corrected chi connectivity index (χ4v) is 4.23. The Hall–Kier alpha value is -1.78. The molecule has 138 valence electrons. The van der Waals surface area contributed by atoms with Crippen molar-refractivity contribution in [2.45, 2.75) is 52.0 Å². The van der Waals surface area contributed by atoms with E-state index in [1.165, 1.54) is 38.8 Å². The quantitative estimate of drug-likeness (QED) is 0.490. The fourth-order valence-electron chi connectivity index (χ4n) is 4.23. The number of hydrogen-bond acceptors (Lipinski definition) is 2. The Balaban J connectivity index is 1.47. The van der Waals surface area contributed by atoms with Gasteiger partial charge < -0.3 is 14.8 Å². The van der Waals surface area contributed by atoms with Crippen molar-refractivity contribution in [3.05, 3.63) is 34.7 Å². The highest BCUT2D eigenvalue weighted by Crippen LogP contribution is 2.35. The molecule has 5 nitrogen and oxygen atoms in total. The Kier molecular flexibility index (Phi) is 6.54. The van der Waals surface area contributed by atoms with Crippen molar-refractivity contribution in [1.82, 2.24) is 14.8 Å². The van der Waals surface area contributed by atoms with Gasteiger partial charge in [0.2, 0.25) is 5.56 Å². The summed E-state index contributed by atoms with van der Waals surface area (Å²) in [5, 5.41) is 3.47. The van der Waals surface area contributed by atoms with E-state index in [2.05, 4.69) is 17.1 Å². The summed E-state index contributed by atoms with van der Waals surface area (Å²) in [5.74, 6) is 2.85. The van der Waals surface area contributed by atoms with Crippen LogP contribution in [0.3, 0.4) is 0 Å². The van der Waals surface area contributed by atoms with Gasteiger partial charge in [0.15, 0.2) is 5.96 Å². The van der Waals surface area contributed by atoms with E-state index in [1.807, 2.05) is 12.3 Å². The first kappa shape index (κ1) is 18.0. The van der Waals surface area contributed by atoms with Crippen LogP contribution in [-0.2, 0) is 6.54 Å². The summed E-state index contributed by atoms with van der Waals surface area (Å²) in [6, 6.07) is 5.32. The molecule has 0 radical (unpaired) electrons. The molecule has 1 saturated carbocycles. The molecule has 1 saturated heterocycles. The number of likely N-dealkylation sites (tertiary alicyclic amines) is 1. The van der Waals surface area contributed by atoms with Crippen molar-refractivity contribution in [2.24, 2.45) is 16.8 Å². The van der Waals surface area contributed by atoms with E-state index in [-0.39, 0.29) is 5.56 Å². The number of unbranched alkanes of at least 4 members (excludes halogenated alkanes) is 1. The highest BCUT2D eigenvalue weighted by molar-refractivity contribution is 5.80. The van der Waals surface area contributed by atoms with Crippen LogP contribution in [-0.4, -0.2) is 41.6 Å². The van der Waals surface area contributed by atoms with Crippen LogP contribution >= 0.6 is 0 Å². The van der Waals surface area contributed by atoms with Gasteiger partial charge in [-0.2, -0.15) is 0 Å². The topological polar surface area (TPSA) is 49.6 Å². The summed E-state index contributed by atoms with van der Waals surface area (Å²) in [6.07, 6.45) is 9.46. The molecule has 2 heterocycles. The van der Waals surface area contributed by atoms with Gasteiger partial charge in [-0.1, -0.05) is 18.9 Å². The SMILES string of the molecule is CCNC(=NCCCCn1ccccc1=O)N1CC2CCCCC2C1. The lowest BCUT2D eigenvalue weighted by Crippen LogP contribution is -2.40. The first-order valence-corrected chi connectivity index (χ1v) is 9.96. The van der Waals surface area contributed by atoms with Crippen LogP contribution in [0, 0.1) is 11.8 Å². The van der Waals surface area contributed by atoms with Crippen molar-refractivity contribution in [3.8, 4) is 0 Å². The standard InChI is InChI=1S/C20H32N4O/c1-2-21-20(24-15-17-9-3-4-10-18(17)16-24)22-12-6-8-14-23-13-7-5-11-19(23)25/h5,7,11,13,17-18H,2-4,6,8-10,12,14-16H2,1H3,(H,21,22). The largest absolute Gasteiger partial charge is 0.357 e. The third kappa shape index (κ3) is 4.86. The zero-order valence-electron chi connectivity index (χ0n) is 15.5. The molecule has 1 aromatic heterocycles. The van der Waals surface area contributed by atoms with E-state index in [4.69, 9.17) is 4.99 Å². The van der Waals surface area contributed by atoms with Gasteiger partial charge in [0.05, 0.1) is 0 Å². The maximum absolute atomic E-state index is 11.7. The molecule has 0 bridgehead atoms. The molecule has 2 aliphatic rings. The van der Waals surface area contributed by atoms with Gasteiger partial charge in [-0.25, -0.2) is 0 Å². The number of rotatable bonds is 6. The van der Waals surface area contributed by atoms with Crippen LogP contribution in [0.1, 0.15) is 45.4 Å². The number of nitrogens with zero attached hydrogens (tertiary/aromatic N) is 3. The molecule has 1 aromatic rings. The molecule has 1 aliphatic heterocycles. The highest BCUT2D eigenvalue weighted by atomic mass is 16.1. The van der Waals surface area contributed by atoms with Crippen molar-refractivity contribution >= 4 is 5.96 Å². The third-order valence-corrected chi connectivity index (χ3v) is 5.58. The van der Waals surface area contributed by atoms with Crippen LogP contribution < -0.4 is 10.9 Å². The second-order valence-corrected chi connectivity index (χ2v) is 7.38. The predicted octanol–water partition coefficient (Wildman–Crippen LogP) is 2.72. The lowest BCUT2D eigenvalue weighted by atomic mass is 9.82. The molecule has 2 unspecified atom stereocenters. The Bertz CT molecular complexity index is 610. The predicted molar refractivity (Wildman–Crippen MR) is 103 cm³/mol. The van der Waals surface area contributed by atoms with Crippen molar-refractivity contribution in [3.63, 3.8) is 0 Å². The van der Waals surface area contributed by atoms with Gasteiger partial charge >= 0.3 is 0 Å². The molecule has 0 aromatic carbocycles. The van der Waals surface area contributed by atoms with Gasteiger partial charge in [0.1, 0.15) is 0 Å². The number of nitrogens with one attached hydrogen (secondary N) is 1. The minimum atomic E-state index is 0.0824. The third-order valence-electron chi connectivity index (χ3n) is 5.58. The van der Waals surface area contributed by atoms with Gasteiger partial charge in [0.25, 0.3) is 0 Å². The normalized spacial score (nSPS) is 23.6. The Morgan fingerprint density at radius 3 is 2.64 bits per heavy atom. The van der Waals surface area contributed by atoms with Crippen molar-refractivity contribution in [1.29, 1.82) is 0 Å². The number of guanidine groups is 1. The summed E-state index contributed by atoms with van der Waals surface area (Å²) < 4.78 is 1.78. The molecule has 2 fully saturated rings. The molecule has 2 atom stereocenters. The minimum absolute atomic E-state index is 0.0824. The Morgan fingerprint density at radius 1 is 1.20 bits per heavy atom. The fraction of sp³-hybridized carbons (Fsp3) is 0.700. The van der Waals surface area contributed by atoms with E-state index in [1.54, 1.807) is 16.7 Å². The van der Waals surface area contributed by atoms with Crippen LogP contribution in [0.15, 0.2) is 34.2 Å². The van der Waals surface area contributed by atoms with Crippen LogP contribution in [0.2, 0.25) is 0 Å². The van der Waals surface area contributed by atoms with Crippen LogP contribution in [0.5, 0.6) is 0 Å². The lowest BCUT2D eigenvalue weighted by Gasteiger charge is -2.22. The first-order chi connectivity index (χ1) is 12.3. The van der Waals surface area contributed by atoms with Gasteiger partial charge in [-0.3, -0.25) is 9.79 Å². The lowest BCUT2D eigenvalue weighted by molar-refractivity contribution is 0.299.